The number of thiazole rings is 1. The quantitative estimate of drug-likeness (QED) is 0.787. The van der Waals surface area contributed by atoms with Gasteiger partial charge in [-0.1, -0.05) is 0 Å². The van der Waals surface area contributed by atoms with Gasteiger partial charge in [-0.05, 0) is 12.8 Å². The highest BCUT2D eigenvalue weighted by atomic mass is 32.1. The molecule has 0 amide bonds. The van der Waals surface area contributed by atoms with E-state index in [1.807, 2.05) is 0 Å². The maximum atomic E-state index is 13.1. The van der Waals surface area contributed by atoms with Crippen LogP contribution in [-0.4, -0.2) is 16.0 Å². The number of alkyl halides is 2. The second-order valence-electron chi connectivity index (χ2n) is 3.69. The van der Waals surface area contributed by atoms with Crippen molar-refractivity contribution >= 4 is 11.3 Å². The van der Waals surface area contributed by atoms with E-state index in [-0.39, 0.29) is 24.6 Å². The fraction of sp³-hybridized carbons (Fsp3) is 0.667. The van der Waals surface area contributed by atoms with E-state index in [0.717, 1.165) is 6.42 Å². The van der Waals surface area contributed by atoms with Crippen LogP contribution in [0.2, 0.25) is 0 Å². The zero-order valence-corrected chi connectivity index (χ0v) is 8.36. The van der Waals surface area contributed by atoms with Crippen LogP contribution in [0.5, 0.6) is 5.88 Å². The van der Waals surface area contributed by atoms with Crippen molar-refractivity contribution in [1.82, 2.24) is 4.98 Å². The van der Waals surface area contributed by atoms with Crippen LogP contribution in [-0.2, 0) is 0 Å². The summed E-state index contributed by atoms with van der Waals surface area (Å²) in [6.07, 6.45) is 1.15. The highest BCUT2D eigenvalue weighted by Gasteiger charge is 2.37. The van der Waals surface area contributed by atoms with E-state index in [4.69, 9.17) is 5.11 Å². The SMILES string of the molecule is Oc1csc(C2CCCC(F)(F)C2)n1. The summed E-state index contributed by atoms with van der Waals surface area (Å²) in [5, 5.41) is 11.2. The lowest BCUT2D eigenvalue weighted by Gasteiger charge is -2.27. The van der Waals surface area contributed by atoms with Crippen LogP contribution in [0.15, 0.2) is 5.38 Å². The van der Waals surface area contributed by atoms with Gasteiger partial charge in [0.15, 0.2) is 0 Å². The first-order valence-electron chi connectivity index (χ1n) is 4.59. The summed E-state index contributed by atoms with van der Waals surface area (Å²) in [4.78, 5) is 3.84. The zero-order chi connectivity index (χ0) is 10.2. The van der Waals surface area contributed by atoms with Crippen molar-refractivity contribution in [1.29, 1.82) is 0 Å². The molecule has 1 N–H and O–H groups in total. The molecule has 1 aliphatic rings. The van der Waals surface area contributed by atoms with Crippen LogP contribution >= 0.6 is 11.3 Å². The molecule has 1 atom stereocenters. The zero-order valence-electron chi connectivity index (χ0n) is 7.54. The van der Waals surface area contributed by atoms with Crippen molar-refractivity contribution in [2.24, 2.45) is 0 Å². The molecular formula is C9H11F2NOS. The van der Waals surface area contributed by atoms with Crippen LogP contribution in [0.25, 0.3) is 0 Å². The van der Waals surface area contributed by atoms with Gasteiger partial charge in [-0.25, -0.2) is 13.8 Å². The van der Waals surface area contributed by atoms with Crippen molar-refractivity contribution < 1.29 is 13.9 Å². The molecule has 0 saturated heterocycles. The van der Waals surface area contributed by atoms with E-state index in [9.17, 15) is 8.78 Å². The van der Waals surface area contributed by atoms with Gasteiger partial charge in [0.1, 0.15) is 0 Å². The first-order valence-corrected chi connectivity index (χ1v) is 5.47. The molecule has 0 aromatic carbocycles. The molecule has 0 spiro atoms. The Balaban J connectivity index is 2.12. The molecule has 1 aromatic heterocycles. The Labute approximate surface area is 84.6 Å². The van der Waals surface area contributed by atoms with Crippen LogP contribution in [0, 0.1) is 0 Å². The average Bonchev–Trinajstić information content (AvgIpc) is 2.50. The lowest BCUT2D eigenvalue weighted by atomic mass is 9.87. The van der Waals surface area contributed by atoms with Gasteiger partial charge in [0.05, 0.1) is 10.4 Å². The second-order valence-corrected chi connectivity index (χ2v) is 4.58. The summed E-state index contributed by atoms with van der Waals surface area (Å²) in [7, 11) is 0. The summed E-state index contributed by atoms with van der Waals surface area (Å²) >= 11 is 1.26. The fourth-order valence-corrected chi connectivity index (χ4v) is 2.67. The van der Waals surface area contributed by atoms with Crippen molar-refractivity contribution in [3.8, 4) is 5.88 Å². The van der Waals surface area contributed by atoms with E-state index < -0.39 is 5.92 Å². The van der Waals surface area contributed by atoms with Gasteiger partial charge in [0, 0.05) is 18.8 Å². The first-order chi connectivity index (χ1) is 6.57. The standard InChI is InChI=1S/C9H11F2NOS/c10-9(11)3-1-2-6(4-9)8-12-7(13)5-14-8/h5-6,13H,1-4H2. The van der Waals surface area contributed by atoms with Crippen LogP contribution < -0.4 is 0 Å². The van der Waals surface area contributed by atoms with Gasteiger partial charge in [-0.2, -0.15) is 0 Å². The highest BCUT2D eigenvalue weighted by Crippen LogP contribution is 2.42. The molecular weight excluding hydrogens is 208 g/mol. The summed E-state index contributed by atoms with van der Waals surface area (Å²) in [6.45, 7) is 0. The Morgan fingerprint density at radius 2 is 2.36 bits per heavy atom. The summed E-state index contributed by atoms with van der Waals surface area (Å²) in [6, 6.07) is 0. The first kappa shape index (κ1) is 9.83. The van der Waals surface area contributed by atoms with Crippen LogP contribution in [0.4, 0.5) is 8.78 Å². The molecule has 0 radical (unpaired) electrons. The average molecular weight is 219 g/mol. The van der Waals surface area contributed by atoms with Gasteiger partial charge in [-0.3, -0.25) is 0 Å². The minimum atomic E-state index is -2.55. The molecule has 1 heterocycles. The summed E-state index contributed by atoms with van der Waals surface area (Å²) < 4.78 is 26.1. The molecule has 1 fully saturated rings. The molecule has 1 aliphatic carbocycles. The normalized spacial score (nSPS) is 26.3. The number of hydrogen-bond acceptors (Lipinski definition) is 3. The third-order valence-electron chi connectivity index (χ3n) is 2.50. The Morgan fingerprint density at radius 1 is 1.57 bits per heavy atom. The molecule has 2 nitrogen and oxygen atoms in total. The molecule has 0 aliphatic heterocycles. The van der Waals surface area contributed by atoms with Gasteiger partial charge in [-0.15, -0.1) is 11.3 Å². The lowest BCUT2D eigenvalue weighted by Crippen LogP contribution is -2.24. The third-order valence-corrected chi connectivity index (χ3v) is 3.49. The number of aromatic hydroxyl groups is 1. The minimum Gasteiger partial charge on any atom is -0.493 e. The molecule has 78 valence electrons. The minimum absolute atomic E-state index is 0.0130. The molecule has 5 heteroatoms. The van der Waals surface area contributed by atoms with Crippen LogP contribution in [0.3, 0.4) is 0 Å². The van der Waals surface area contributed by atoms with E-state index in [2.05, 4.69) is 4.98 Å². The van der Waals surface area contributed by atoms with E-state index >= 15 is 0 Å². The van der Waals surface area contributed by atoms with Crippen molar-refractivity contribution in [3.63, 3.8) is 0 Å². The molecule has 0 bridgehead atoms. The van der Waals surface area contributed by atoms with Crippen molar-refractivity contribution in [2.75, 3.05) is 0 Å². The maximum Gasteiger partial charge on any atom is 0.248 e. The van der Waals surface area contributed by atoms with E-state index in [1.165, 1.54) is 16.7 Å². The predicted molar refractivity (Wildman–Crippen MR) is 49.9 cm³/mol. The highest BCUT2D eigenvalue weighted by molar-refractivity contribution is 7.09. The van der Waals surface area contributed by atoms with Gasteiger partial charge < -0.3 is 5.11 Å². The smallest absolute Gasteiger partial charge is 0.248 e. The number of rotatable bonds is 1. The number of hydrogen-bond donors (Lipinski definition) is 1. The monoisotopic (exact) mass is 219 g/mol. The van der Waals surface area contributed by atoms with Gasteiger partial charge in [0.25, 0.3) is 0 Å². The molecule has 2 rings (SSSR count). The van der Waals surface area contributed by atoms with E-state index in [1.54, 1.807) is 0 Å². The molecule has 1 aromatic rings. The molecule has 14 heavy (non-hydrogen) atoms. The fourth-order valence-electron chi connectivity index (χ4n) is 1.85. The number of nitrogens with zero attached hydrogens (tertiary/aromatic N) is 1. The Kier molecular flexibility index (Phi) is 2.43. The number of halogens is 2. The third kappa shape index (κ3) is 2.03. The van der Waals surface area contributed by atoms with Crippen molar-refractivity contribution in [2.45, 2.75) is 37.5 Å². The summed E-state index contributed by atoms with van der Waals surface area (Å²) in [5.41, 5.74) is 0. The van der Waals surface area contributed by atoms with Crippen molar-refractivity contribution in [3.05, 3.63) is 10.4 Å². The Bertz CT molecular complexity index is 326. The van der Waals surface area contributed by atoms with Crippen LogP contribution in [0.1, 0.15) is 36.6 Å². The topological polar surface area (TPSA) is 33.1 Å². The van der Waals surface area contributed by atoms with E-state index in [0.29, 0.717) is 11.4 Å². The molecule has 1 unspecified atom stereocenters. The Morgan fingerprint density at radius 3 is 2.93 bits per heavy atom. The second kappa shape index (κ2) is 3.46. The maximum absolute atomic E-state index is 13.1. The lowest BCUT2D eigenvalue weighted by molar-refractivity contribution is -0.0408. The van der Waals surface area contributed by atoms with Gasteiger partial charge >= 0.3 is 0 Å². The molecule has 1 saturated carbocycles. The largest absolute Gasteiger partial charge is 0.493 e. The predicted octanol–water partition coefficient (Wildman–Crippen LogP) is 3.14. The summed E-state index contributed by atoms with van der Waals surface area (Å²) in [5.74, 6) is -2.78. The van der Waals surface area contributed by atoms with Gasteiger partial charge in [0.2, 0.25) is 11.8 Å². The number of aromatic nitrogens is 1. The Hall–Kier alpha value is -0.710.